The molecule has 1 saturated heterocycles. The van der Waals surface area contributed by atoms with Gasteiger partial charge in [-0.15, -0.1) is 0 Å². The average molecular weight is 316 g/mol. The minimum absolute atomic E-state index is 0.0273. The molecule has 124 valence electrons. The molecule has 1 aromatic carbocycles. The van der Waals surface area contributed by atoms with Crippen molar-refractivity contribution in [3.8, 4) is 5.75 Å². The van der Waals surface area contributed by atoms with Gasteiger partial charge in [0.1, 0.15) is 5.75 Å². The summed E-state index contributed by atoms with van der Waals surface area (Å²) in [6.07, 6.45) is 4.33. The second kappa shape index (κ2) is 6.60. The lowest BCUT2D eigenvalue weighted by Gasteiger charge is -2.36. The fraction of sp³-hybridized carbons (Fsp3) is 0.556. The molecule has 23 heavy (non-hydrogen) atoms. The molecular weight excluding hydrogens is 292 g/mol. The zero-order valence-electron chi connectivity index (χ0n) is 13.6. The molecule has 1 N–H and O–H groups in total. The Bertz CT molecular complexity index is 600. The van der Waals surface area contributed by atoms with E-state index in [0.717, 1.165) is 31.2 Å². The van der Waals surface area contributed by atoms with Crippen molar-refractivity contribution >= 4 is 11.8 Å². The molecule has 5 heteroatoms. The Kier molecular flexibility index (Phi) is 4.55. The van der Waals surface area contributed by atoms with Gasteiger partial charge in [-0.25, -0.2) is 0 Å². The second-order valence-electron chi connectivity index (χ2n) is 6.62. The number of aryl methyl sites for hydroxylation is 1. The van der Waals surface area contributed by atoms with Gasteiger partial charge in [-0.3, -0.25) is 9.59 Å². The van der Waals surface area contributed by atoms with E-state index in [2.05, 4.69) is 0 Å². The summed E-state index contributed by atoms with van der Waals surface area (Å²) in [7, 11) is 0. The number of benzene rings is 1. The van der Waals surface area contributed by atoms with E-state index in [9.17, 15) is 14.7 Å². The van der Waals surface area contributed by atoms with Crippen molar-refractivity contribution < 1.29 is 14.7 Å². The van der Waals surface area contributed by atoms with Crippen molar-refractivity contribution in [1.29, 1.82) is 0 Å². The van der Waals surface area contributed by atoms with Crippen LogP contribution in [0.2, 0.25) is 0 Å². The number of aromatic hydroxyl groups is 1. The Labute approximate surface area is 136 Å². The Balaban J connectivity index is 1.60. The smallest absolute Gasteiger partial charge is 0.257 e. The van der Waals surface area contributed by atoms with Crippen LogP contribution in [0.15, 0.2) is 18.2 Å². The highest BCUT2D eigenvalue weighted by Crippen LogP contribution is 2.27. The molecule has 1 saturated carbocycles. The minimum atomic E-state index is -0.157. The first kappa shape index (κ1) is 15.8. The van der Waals surface area contributed by atoms with Crippen LogP contribution in [0, 0.1) is 12.8 Å². The summed E-state index contributed by atoms with van der Waals surface area (Å²) in [6.45, 7) is 4.12. The molecule has 1 heterocycles. The maximum atomic E-state index is 12.5. The highest BCUT2D eigenvalue weighted by atomic mass is 16.3. The summed E-state index contributed by atoms with van der Waals surface area (Å²) >= 11 is 0. The lowest BCUT2D eigenvalue weighted by atomic mass is 10.1. The molecule has 5 nitrogen and oxygen atoms in total. The third-order valence-corrected chi connectivity index (χ3v) is 4.97. The van der Waals surface area contributed by atoms with Gasteiger partial charge in [0.2, 0.25) is 5.91 Å². The van der Waals surface area contributed by atoms with Gasteiger partial charge < -0.3 is 14.9 Å². The topological polar surface area (TPSA) is 60.9 Å². The van der Waals surface area contributed by atoms with Crippen molar-refractivity contribution in [2.45, 2.75) is 32.6 Å². The summed E-state index contributed by atoms with van der Waals surface area (Å²) in [5.74, 6) is 0.320. The van der Waals surface area contributed by atoms with Gasteiger partial charge in [0.15, 0.2) is 0 Å². The van der Waals surface area contributed by atoms with E-state index >= 15 is 0 Å². The normalized spacial score (nSPS) is 19.2. The van der Waals surface area contributed by atoms with Crippen molar-refractivity contribution in [3.63, 3.8) is 0 Å². The lowest BCUT2D eigenvalue weighted by molar-refractivity contribution is -0.136. The van der Waals surface area contributed by atoms with Crippen molar-refractivity contribution in [2.24, 2.45) is 5.92 Å². The summed E-state index contributed by atoms with van der Waals surface area (Å²) < 4.78 is 0. The van der Waals surface area contributed by atoms with Crippen molar-refractivity contribution in [1.82, 2.24) is 9.80 Å². The fourth-order valence-electron chi connectivity index (χ4n) is 3.55. The zero-order valence-corrected chi connectivity index (χ0v) is 13.6. The average Bonchev–Trinajstić information content (AvgIpc) is 3.08. The predicted octanol–water partition coefficient (Wildman–Crippen LogP) is 2.18. The molecular formula is C18H24N2O3. The highest BCUT2D eigenvalue weighted by molar-refractivity contribution is 5.97. The van der Waals surface area contributed by atoms with Gasteiger partial charge in [0.25, 0.3) is 5.91 Å². The van der Waals surface area contributed by atoms with Gasteiger partial charge in [-0.2, -0.15) is 0 Å². The third-order valence-electron chi connectivity index (χ3n) is 4.97. The molecule has 2 aliphatic rings. The zero-order chi connectivity index (χ0) is 16.4. The molecule has 0 spiro atoms. The molecule has 1 aliphatic heterocycles. The third kappa shape index (κ3) is 3.33. The fourth-order valence-corrected chi connectivity index (χ4v) is 3.55. The van der Waals surface area contributed by atoms with E-state index in [-0.39, 0.29) is 23.5 Å². The van der Waals surface area contributed by atoms with E-state index in [1.165, 1.54) is 0 Å². The van der Waals surface area contributed by atoms with E-state index < -0.39 is 0 Å². The summed E-state index contributed by atoms with van der Waals surface area (Å²) in [4.78, 5) is 28.6. The summed E-state index contributed by atoms with van der Waals surface area (Å²) in [5.41, 5.74) is 1.26. The highest BCUT2D eigenvalue weighted by Gasteiger charge is 2.31. The molecule has 0 unspecified atom stereocenters. The van der Waals surface area contributed by atoms with Crippen molar-refractivity contribution in [3.05, 3.63) is 29.3 Å². The number of phenolic OH excluding ortho intramolecular Hbond substituents is 1. The standard InChI is InChI=1S/C18H24N2O3/c1-13-6-7-15(16(21)12-13)18(23)20-10-8-19(9-11-20)17(22)14-4-2-3-5-14/h6-7,12,14,21H,2-5,8-11H2,1H3. The van der Waals surface area contributed by atoms with Crippen LogP contribution >= 0.6 is 0 Å². The molecule has 2 fully saturated rings. The molecule has 1 aromatic rings. The quantitative estimate of drug-likeness (QED) is 0.909. The van der Waals surface area contributed by atoms with Gasteiger partial charge in [-0.05, 0) is 37.5 Å². The molecule has 0 radical (unpaired) electrons. The van der Waals surface area contributed by atoms with Crippen LogP contribution in [0.3, 0.4) is 0 Å². The van der Waals surface area contributed by atoms with E-state index in [0.29, 0.717) is 31.7 Å². The molecule has 1 aliphatic carbocycles. The van der Waals surface area contributed by atoms with E-state index in [1.54, 1.807) is 17.0 Å². The van der Waals surface area contributed by atoms with Gasteiger partial charge in [-0.1, -0.05) is 18.9 Å². The Hall–Kier alpha value is -2.04. The molecule has 0 atom stereocenters. The van der Waals surface area contributed by atoms with Gasteiger partial charge in [0, 0.05) is 32.1 Å². The molecule has 2 amide bonds. The predicted molar refractivity (Wildman–Crippen MR) is 87.3 cm³/mol. The first-order valence-electron chi connectivity index (χ1n) is 8.44. The van der Waals surface area contributed by atoms with Crippen LogP contribution in [0.5, 0.6) is 5.75 Å². The van der Waals surface area contributed by atoms with Crippen LogP contribution in [0.4, 0.5) is 0 Å². The van der Waals surface area contributed by atoms with Crippen LogP contribution in [0.25, 0.3) is 0 Å². The van der Waals surface area contributed by atoms with Crippen LogP contribution in [-0.2, 0) is 4.79 Å². The van der Waals surface area contributed by atoms with Gasteiger partial charge in [0.05, 0.1) is 5.56 Å². The number of carbonyl (C=O) groups excluding carboxylic acids is 2. The first-order chi connectivity index (χ1) is 11.1. The van der Waals surface area contributed by atoms with E-state index in [4.69, 9.17) is 0 Å². The number of piperazine rings is 1. The number of nitrogens with zero attached hydrogens (tertiary/aromatic N) is 2. The minimum Gasteiger partial charge on any atom is -0.507 e. The second-order valence-corrected chi connectivity index (χ2v) is 6.62. The van der Waals surface area contributed by atoms with E-state index in [1.807, 2.05) is 17.9 Å². The summed E-state index contributed by atoms with van der Waals surface area (Å²) in [5, 5.41) is 9.96. The number of rotatable bonds is 2. The Morgan fingerprint density at radius 3 is 2.26 bits per heavy atom. The number of carbonyl (C=O) groups is 2. The van der Waals surface area contributed by atoms with Crippen LogP contribution in [-0.4, -0.2) is 52.9 Å². The monoisotopic (exact) mass is 316 g/mol. The molecule has 0 aromatic heterocycles. The largest absolute Gasteiger partial charge is 0.507 e. The van der Waals surface area contributed by atoms with Crippen LogP contribution in [0.1, 0.15) is 41.6 Å². The first-order valence-corrected chi connectivity index (χ1v) is 8.44. The maximum absolute atomic E-state index is 12.5. The Morgan fingerprint density at radius 1 is 1.04 bits per heavy atom. The molecule has 0 bridgehead atoms. The number of hydrogen-bond acceptors (Lipinski definition) is 3. The lowest BCUT2D eigenvalue weighted by Crippen LogP contribution is -2.51. The van der Waals surface area contributed by atoms with Gasteiger partial charge >= 0.3 is 0 Å². The molecule has 3 rings (SSSR count). The maximum Gasteiger partial charge on any atom is 0.257 e. The number of hydrogen-bond donors (Lipinski definition) is 1. The van der Waals surface area contributed by atoms with Crippen molar-refractivity contribution in [2.75, 3.05) is 26.2 Å². The van der Waals surface area contributed by atoms with Crippen LogP contribution < -0.4 is 0 Å². The Morgan fingerprint density at radius 2 is 1.65 bits per heavy atom. The summed E-state index contributed by atoms with van der Waals surface area (Å²) in [6, 6.07) is 5.10. The number of phenols is 1. The number of amides is 2. The SMILES string of the molecule is Cc1ccc(C(=O)N2CCN(C(=O)C3CCCC3)CC2)c(O)c1.